The maximum atomic E-state index is 14.2. The van der Waals surface area contributed by atoms with Gasteiger partial charge in [-0.15, -0.1) is 0 Å². The van der Waals surface area contributed by atoms with E-state index in [0.29, 0.717) is 61.0 Å². The highest BCUT2D eigenvalue weighted by molar-refractivity contribution is 5.91. The Morgan fingerprint density at radius 3 is 2.40 bits per heavy atom. The molecule has 4 aromatic rings. The molecule has 0 unspecified atom stereocenters. The molecule has 0 radical (unpaired) electrons. The van der Waals surface area contributed by atoms with Gasteiger partial charge in [-0.2, -0.15) is 13.2 Å². The number of pyridine rings is 2. The van der Waals surface area contributed by atoms with Crippen molar-refractivity contribution in [3.63, 3.8) is 0 Å². The standard InChI is InChI=1S/C37H46F3N7O3/c1-6-50-31(48)13-14-46-15-17-47(18-16-46)27-11-9-25(10-12-27)34-43-33-30(45(4)22-36(2,3)23-49-5)20-29(42-35(33)44-34)26-19-28(37(38,39)40)32(41-21-26)24-7-8-24/h9-12,19-21,24H,6-8,13-18,22-23H2,1-5H3,(H,42,43,44). The van der Waals surface area contributed by atoms with Crippen molar-refractivity contribution in [3.8, 4) is 22.6 Å². The Morgan fingerprint density at radius 1 is 1.04 bits per heavy atom. The van der Waals surface area contributed by atoms with E-state index in [-0.39, 0.29) is 23.0 Å². The molecule has 0 amide bonds. The average molecular weight is 694 g/mol. The van der Waals surface area contributed by atoms with Crippen LogP contribution in [-0.4, -0.2) is 97.4 Å². The maximum absolute atomic E-state index is 14.2. The number of aromatic nitrogens is 4. The minimum atomic E-state index is -4.52. The normalized spacial score (nSPS) is 15.9. The summed E-state index contributed by atoms with van der Waals surface area (Å²) < 4.78 is 53.0. The lowest BCUT2D eigenvalue weighted by Crippen LogP contribution is -2.47. The molecule has 1 aliphatic heterocycles. The van der Waals surface area contributed by atoms with Crippen LogP contribution in [0.5, 0.6) is 0 Å². The van der Waals surface area contributed by atoms with Crippen LogP contribution in [0.3, 0.4) is 0 Å². The molecule has 268 valence electrons. The number of ether oxygens (including phenoxy) is 2. The maximum Gasteiger partial charge on any atom is 0.418 e. The van der Waals surface area contributed by atoms with Gasteiger partial charge in [0.15, 0.2) is 5.65 Å². The van der Waals surface area contributed by atoms with E-state index in [2.05, 4.69) is 50.6 Å². The fourth-order valence-electron chi connectivity index (χ4n) is 6.79. The number of halogens is 3. The number of anilines is 2. The summed E-state index contributed by atoms with van der Waals surface area (Å²) in [5, 5.41) is 0. The highest BCUT2D eigenvalue weighted by atomic mass is 19.4. The zero-order valence-electron chi connectivity index (χ0n) is 29.4. The zero-order valence-corrected chi connectivity index (χ0v) is 29.4. The SMILES string of the molecule is CCOC(=O)CCN1CCN(c2ccc(-c3nc4nc(-c5cnc(C6CC6)c(C(F)(F)F)c5)cc(N(C)CC(C)(C)COC)c4[nH]3)cc2)CC1. The Morgan fingerprint density at radius 2 is 1.76 bits per heavy atom. The van der Waals surface area contributed by atoms with Crippen LogP contribution in [0.1, 0.15) is 57.2 Å². The lowest BCUT2D eigenvalue weighted by molar-refractivity contribution is -0.143. The Balaban J connectivity index is 1.28. The summed E-state index contributed by atoms with van der Waals surface area (Å²) in [6, 6.07) is 11.2. The number of aromatic amines is 1. The van der Waals surface area contributed by atoms with Crippen molar-refractivity contribution >= 4 is 28.5 Å². The monoisotopic (exact) mass is 693 g/mol. The number of esters is 1. The van der Waals surface area contributed by atoms with Gasteiger partial charge in [-0.25, -0.2) is 9.97 Å². The smallest absolute Gasteiger partial charge is 0.418 e. The van der Waals surface area contributed by atoms with Gasteiger partial charge in [0.25, 0.3) is 0 Å². The second kappa shape index (κ2) is 14.6. The van der Waals surface area contributed by atoms with Crippen LogP contribution in [0.25, 0.3) is 33.8 Å². The van der Waals surface area contributed by atoms with E-state index in [0.717, 1.165) is 56.0 Å². The van der Waals surface area contributed by atoms with Crippen molar-refractivity contribution in [2.45, 2.75) is 52.1 Å². The van der Waals surface area contributed by atoms with Crippen LogP contribution in [0.15, 0.2) is 42.6 Å². The van der Waals surface area contributed by atoms with Crippen LogP contribution in [0, 0.1) is 5.41 Å². The number of imidazole rings is 1. The lowest BCUT2D eigenvalue weighted by Gasteiger charge is -2.36. The summed E-state index contributed by atoms with van der Waals surface area (Å²) in [5.74, 6) is 0.309. The number of benzene rings is 1. The third-order valence-corrected chi connectivity index (χ3v) is 9.35. The van der Waals surface area contributed by atoms with E-state index in [4.69, 9.17) is 19.4 Å². The number of rotatable bonds is 13. The number of fused-ring (bicyclic) bond motifs is 1. The van der Waals surface area contributed by atoms with Crippen LogP contribution in [0.4, 0.5) is 24.5 Å². The molecule has 2 aliphatic rings. The van der Waals surface area contributed by atoms with Gasteiger partial charge in [0, 0.05) is 87.8 Å². The molecule has 0 bridgehead atoms. The van der Waals surface area contributed by atoms with E-state index in [1.54, 1.807) is 7.11 Å². The topological polar surface area (TPSA) is 99.7 Å². The zero-order chi connectivity index (χ0) is 35.6. The summed E-state index contributed by atoms with van der Waals surface area (Å²) in [7, 11) is 3.62. The van der Waals surface area contributed by atoms with Crippen molar-refractivity contribution in [1.29, 1.82) is 0 Å². The van der Waals surface area contributed by atoms with E-state index in [1.165, 1.54) is 12.3 Å². The van der Waals surface area contributed by atoms with Crippen molar-refractivity contribution in [1.82, 2.24) is 24.8 Å². The molecule has 4 heterocycles. The third-order valence-electron chi connectivity index (χ3n) is 9.35. The first kappa shape index (κ1) is 35.6. The number of nitrogens with zero attached hydrogens (tertiary/aromatic N) is 6. The number of hydrogen-bond acceptors (Lipinski definition) is 9. The molecule has 1 saturated carbocycles. The first-order chi connectivity index (χ1) is 23.8. The molecule has 1 saturated heterocycles. The summed E-state index contributed by atoms with van der Waals surface area (Å²) in [5.41, 5.74) is 3.71. The average Bonchev–Trinajstić information content (AvgIpc) is 3.84. The Bertz CT molecular complexity index is 1800. The van der Waals surface area contributed by atoms with Gasteiger partial charge in [0.05, 0.1) is 42.3 Å². The largest absolute Gasteiger partial charge is 0.466 e. The Labute approximate surface area is 291 Å². The van der Waals surface area contributed by atoms with Crippen molar-refractivity contribution < 1.29 is 27.4 Å². The minimum Gasteiger partial charge on any atom is -0.466 e. The molecule has 6 rings (SSSR count). The molecule has 13 heteroatoms. The predicted molar refractivity (Wildman–Crippen MR) is 188 cm³/mol. The summed E-state index contributed by atoms with van der Waals surface area (Å²) in [6.07, 6.45) is -1.17. The van der Waals surface area contributed by atoms with Crippen LogP contribution in [-0.2, 0) is 20.4 Å². The second-order valence-electron chi connectivity index (χ2n) is 14.1. The van der Waals surface area contributed by atoms with Gasteiger partial charge in [0.2, 0.25) is 0 Å². The number of hydrogen-bond donors (Lipinski definition) is 1. The molecule has 10 nitrogen and oxygen atoms in total. The fraction of sp³-hybridized carbons (Fsp3) is 0.514. The Kier molecular flexibility index (Phi) is 10.4. The number of alkyl halides is 3. The molecule has 50 heavy (non-hydrogen) atoms. The third kappa shape index (κ3) is 8.21. The second-order valence-corrected chi connectivity index (χ2v) is 14.1. The van der Waals surface area contributed by atoms with Gasteiger partial charge in [-0.3, -0.25) is 14.7 Å². The lowest BCUT2D eigenvalue weighted by atomic mass is 9.94. The number of carbonyl (C=O) groups is 1. The highest BCUT2D eigenvalue weighted by Gasteiger charge is 2.39. The van der Waals surface area contributed by atoms with Gasteiger partial charge in [-0.1, -0.05) is 13.8 Å². The van der Waals surface area contributed by atoms with Gasteiger partial charge < -0.3 is 24.3 Å². The van der Waals surface area contributed by atoms with Crippen molar-refractivity contribution in [2.24, 2.45) is 5.41 Å². The van der Waals surface area contributed by atoms with E-state index in [9.17, 15) is 18.0 Å². The summed E-state index contributed by atoms with van der Waals surface area (Å²) in [4.78, 5) is 35.8. The number of nitrogens with one attached hydrogen (secondary N) is 1. The first-order valence-corrected chi connectivity index (χ1v) is 17.3. The van der Waals surface area contributed by atoms with Gasteiger partial charge >= 0.3 is 12.1 Å². The number of piperazine rings is 1. The molecule has 1 N–H and O–H groups in total. The molecule has 0 spiro atoms. The highest BCUT2D eigenvalue weighted by Crippen LogP contribution is 2.46. The molecule has 0 atom stereocenters. The molecule has 1 aromatic carbocycles. The van der Waals surface area contributed by atoms with E-state index < -0.39 is 11.7 Å². The number of carbonyl (C=O) groups excluding carboxylic acids is 1. The molecule has 1 aliphatic carbocycles. The molecule has 2 fully saturated rings. The number of methoxy groups -OCH3 is 1. The molecular formula is C37H46F3N7O3. The molecule has 3 aromatic heterocycles. The predicted octanol–water partition coefficient (Wildman–Crippen LogP) is 6.77. The van der Waals surface area contributed by atoms with Crippen molar-refractivity contribution in [2.75, 3.05) is 76.4 Å². The first-order valence-electron chi connectivity index (χ1n) is 17.3. The van der Waals surface area contributed by atoms with E-state index >= 15 is 0 Å². The van der Waals surface area contributed by atoms with Crippen LogP contribution >= 0.6 is 0 Å². The van der Waals surface area contributed by atoms with E-state index in [1.807, 2.05) is 32.2 Å². The Hall–Kier alpha value is -4.23. The van der Waals surface area contributed by atoms with Crippen molar-refractivity contribution in [3.05, 3.63) is 53.9 Å². The van der Waals surface area contributed by atoms with Crippen LogP contribution in [0.2, 0.25) is 0 Å². The minimum absolute atomic E-state index is 0.113. The van der Waals surface area contributed by atoms with Gasteiger partial charge in [0.1, 0.15) is 11.3 Å². The quantitative estimate of drug-likeness (QED) is 0.152. The summed E-state index contributed by atoms with van der Waals surface area (Å²) >= 11 is 0. The van der Waals surface area contributed by atoms with Crippen LogP contribution < -0.4 is 9.80 Å². The summed E-state index contributed by atoms with van der Waals surface area (Å²) in [6.45, 7) is 11.7. The molecular weight excluding hydrogens is 647 g/mol. The van der Waals surface area contributed by atoms with Gasteiger partial charge in [-0.05, 0) is 56.2 Å². The number of H-pyrrole nitrogens is 1. The fourth-order valence-corrected chi connectivity index (χ4v) is 6.79.